The predicted octanol–water partition coefficient (Wildman–Crippen LogP) is 4.41. The Kier molecular flexibility index (Phi) is 7.30. The molecule has 1 fully saturated rings. The molecular formula is C29H31N3O3S. The second-order valence-corrected chi connectivity index (χ2v) is 10.7. The molecule has 5 rings (SSSR count). The van der Waals surface area contributed by atoms with Crippen LogP contribution >= 0.6 is 11.3 Å². The number of hydrogen-bond acceptors (Lipinski definition) is 5. The van der Waals surface area contributed by atoms with Crippen LogP contribution < -0.4 is 10.2 Å². The average molecular weight is 502 g/mol. The van der Waals surface area contributed by atoms with E-state index in [0.29, 0.717) is 24.5 Å². The standard InChI is InChI=1S/C29H31N3O3S/c1-32-24-12-6-5-11-22(24)26(20-8-3-2-4-9-20)30-27(29(32)35)31-28(34)23(18-19-13-14-19)25(33)16-15-21-10-7-17-36-21/h2-12,17,19,23,25,27,33H,13-16,18H2,1H3,(H,31,34)/t23-,25+,27?/m1/s1. The number of anilines is 1. The molecule has 7 heteroatoms. The molecule has 0 spiro atoms. The van der Waals surface area contributed by atoms with Gasteiger partial charge in [-0.3, -0.25) is 9.59 Å². The summed E-state index contributed by atoms with van der Waals surface area (Å²) in [4.78, 5) is 34.6. The minimum absolute atomic E-state index is 0.306. The monoisotopic (exact) mass is 501 g/mol. The first-order valence-electron chi connectivity index (χ1n) is 12.5. The first-order valence-corrected chi connectivity index (χ1v) is 13.4. The van der Waals surface area contributed by atoms with E-state index in [0.717, 1.165) is 36.1 Å². The molecule has 2 aliphatic rings. The van der Waals surface area contributed by atoms with Gasteiger partial charge in [0, 0.05) is 23.1 Å². The van der Waals surface area contributed by atoms with Crippen molar-refractivity contribution in [2.75, 3.05) is 11.9 Å². The van der Waals surface area contributed by atoms with Gasteiger partial charge in [-0.15, -0.1) is 11.3 Å². The van der Waals surface area contributed by atoms with E-state index in [1.54, 1.807) is 23.3 Å². The van der Waals surface area contributed by atoms with Gasteiger partial charge in [0.05, 0.1) is 23.4 Å². The third-order valence-corrected chi connectivity index (χ3v) is 7.96. The van der Waals surface area contributed by atoms with Crippen molar-refractivity contribution in [2.24, 2.45) is 16.8 Å². The number of carbonyl (C=O) groups is 2. The van der Waals surface area contributed by atoms with Crippen molar-refractivity contribution in [1.29, 1.82) is 0 Å². The van der Waals surface area contributed by atoms with Crippen LogP contribution in [-0.4, -0.2) is 41.9 Å². The number of para-hydroxylation sites is 1. The van der Waals surface area contributed by atoms with Crippen LogP contribution in [0.2, 0.25) is 0 Å². The summed E-state index contributed by atoms with van der Waals surface area (Å²) >= 11 is 1.66. The molecule has 2 aromatic carbocycles. The van der Waals surface area contributed by atoms with E-state index in [9.17, 15) is 14.7 Å². The van der Waals surface area contributed by atoms with E-state index in [1.807, 2.05) is 72.1 Å². The largest absolute Gasteiger partial charge is 0.392 e. The van der Waals surface area contributed by atoms with E-state index in [1.165, 1.54) is 4.88 Å². The normalized spacial score (nSPS) is 19.2. The van der Waals surface area contributed by atoms with Gasteiger partial charge in [0.1, 0.15) is 0 Å². The molecule has 0 saturated heterocycles. The van der Waals surface area contributed by atoms with Gasteiger partial charge >= 0.3 is 0 Å². The lowest BCUT2D eigenvalue weighted by Crippen LogP contribution is -2.49. The van der Waals surface area contributed by atoms with Crippen LogP contribution in [0.25, 0.3) is 0 Å². The summed E-state index contributed by atoms with van der Waals surface area (Å²) in [7, 11) is 1.71. The van der Waals surface area contributed by atoms with Crippen molar-refractivity contribution in [1.82, 2.24) is 5.32 Å². The number of aliphatic hydroxyl groups is 1. The van der Waals surface area contributed by atoms with Gasteiger partial charge in [0.2, 0.25) is 12.1 Å². The maximum absolute atomic E-state index is 13.5. The van der Waals surface area contributed by atoms with Crippen molar-refractivity contribution in [3.63, 3.8) is 0 Å². The van der Waals surface area contributed by atoms with E-state index in [4.69, 9.17) is 4.99 Å². The fraction of sp³-hybridized carbons (Fsp3) is 0.345. The molecule has 1 aromatic heterocycles. The number of amides is 2. The Morgan fingerprint density at radius 3 is 2.58 bits per heavy atom. The van der Waals surface area contributed by atoms with Crippen molar-refractivity contribution in [3.8, 4) is 0 Å². The van der Waals surface area contributed by atoms with Gasteiger partial charge in [-0.05, 0) is 42.7 Å². The zero-order chi connectivity index (χ0) is 25.1. The number of aliphatic imine (C=N–C) groups is 1. The van der Waals surface area contributed by atoms with Crippen molar-refractivity contribution < 1.29 is 14.7 Å². The summed E-state index contributed by atoms with van der Waals surface area (Å²) in [5, 5.41) is 16.0. The van der Waals surface area contributed by atoms with E-state index in [-0.39, 0.29) is 11.8 Å². The summed E-state index contributed by atoms with van der Waals surface area (Å²) in [6.45, 7) is 0. The van der Waals surface area contributed by atoms with E-state index < -0.39 is 18.2 Å². The third kappa shape index (κ3) is 5.42. The number of fused-ring (bicyclic) bond motifs is 1. The molecule has 1 saturated carbocycles. The molecule has 2 N–H and O–H groups in total. The highest BCUT2D eigenvalue weighted by Gasteiger charge is 2.37. The Labute approximate surface area is 215 Å². The number of benzene rings is 2. The van der Waals surface area contributed by atoms with Crippen molar-refractivity contribution in [3.05, 3.63) is 88.1 Å². The average Bonchev–Trinajstić information content (AvgIpc) is 3.60. The second-order valence-electron chi connectivity index (χ2n) is 9.64. The molecule has 0 bridgehead atoms. The molecule has 1 aliphatic carbocycles. The molecule has 1 unspecified atom stereocenters. The fourth-order valence-corrected chi connectivity index (χ4v) is 5.51. The molecular weight excluding hydrogens is 470 g/mol. The van der Waals surface area contributed by atoms with Gasteiger partial charge in [-0.1, -0.05) is 67.4 Å². The summed E-state index contributed by atoms with van der Waals surface area (Å²) < 4.78 is 0. The first-order chi connectivity index (χ1) is 17.5. The Bertz CT molecular complexity index is 1240. The Morgan fingerprint density at radius 2 is 1.86 bits per heavy atom. The van der Waals surface area contributed by atoms with Crippen LogP contribution in [0.4, 0.5) is 5.69 Å². The number of nitrogens with one attached hydrogen (secondary N) is 1. The summed E-state index contributed by atoms with van der Waals surface area (Å²) in [5.74, 6) is -0.733. The van der Waals surface area contributed by atoms with Gasteiger partial charge in [0.15, 0.2) is 0 Å². The van der Waals surface area contributed by atoms with Crippen LogP contribution in [0.3, 0.4) is 0 Å². The topological polar surface area (TPSA) is 82.0 Å². The minimum Gasteiger partial charge on any atom is -0.392 e. The predicted molar refractivity (Wildman–Crippen MR) is 143 cm³/mol. The number of hydrogen-bond donors (Lipinski definition) is 2. The lowest BCUT2D eigenvalue weighted by molar-refractivity contribution is -0.133. The van der Waals surface area contributed by atoms with Crippen LogP contribution in [-0.2, 0) is 16.0 Å². The van der Waals surface area contributed by atoms with E-state index in [2.05, 4.69) is 5.32 Å². The molecule has 36 heavy (non-hydrogen) atoms. The number of nitrogens with zero attached hydrogens (tertiary/aromatic N) is 2. The summed E-state index contributed by atoms with van der Waals surface area (Å²) in [6, 6.07) is 21.4. The minimum atomic E-state index is -1.07. The molecule has 1 aliphatic heterocycles. The van der Waals surface area contributed by atoms with E-state index >= 15 is 0 Å². The number of benzodiazepines with no additional fused rings is 1. The van der Waals surface area contributed by atoms with Crippen molar-refractivity contribution >= 4 is 34.6 Å². The molecule has 3 aromatic rings. The number of rotatable bonds is 9. The number of likely N-dealkylation sites (N-methyl/N-ethyl adjacent to an activating group) is 1. The molecule has 2 amide bonds. The Hall–Kier alpha value is -3.29. The van der Waals surface area contributed by atoms with Crippen LogP contribution in [0.1, 0.15) is 41.7 Å². The summed E-state index contributed by atoms with van der Waals surface area (Å²) in [5.41, 5.74) is 3.11. The van der Waals surface area contributed by atoms with Crippen LogP contribution in [0.5, 0.6) is 0 Å². The third-order valence-electron chi connectivity index (χ3n) is 7.02. The zero-order valence-electron chi connectivity index (χ0n) is 20.3. The number of thiophene rings is 1. The molecule has 3 atom stereocenters. The number of aryl methyl sites for hydroxylation is 1. The van der Waals surface area contributed by atoms with Gasteiger partial charge in [-0.2, -0.15) is 0 Å². The maximum atomic E-state index is 13.5. The van der Waals surface area contributed by atoms with Gasteiger partial charge < -0.3 is 15.3 Å². The highest BCUT2D eigenvalue weighted by Crippen LogP contribution is 2.37. The highest BCUT2D eigenvalue weighted by molar-refractivity contribution is 7.09. The van der Waals surface area contributed by atoms with Gasteiger partial charge in [0.25, 0.3) is 5.91 Å². The quantitative estimate of drug-likeness (QED) is 0.456. The number of aliphatic hydroxyl groups excluding tert-OH is 1. The molecule has 0 radical (unpaired) electrons. The Morgan fingerprint density at radius 1 is 1.11 bits per heavy atom. The maximum Gasteiger partial charge on any atom is 0.272 e. The zero-order valence-corrected chi connectivity index (χ0v) is 21.2. The highest BCUT2D eigenvalue weighted by atomic mass is 32.1. The molecule has 186 valence electrons. The van der Waals surface area contributed by atoms with Crippen LogP contribution in [0.15, 0.2) is 77.1 Å². The first kappa shape index (κ1) is 24.4. The Balaban J connectivity index is 1.41. The second kappa shape index (κ2) is 10.8. The fourth-order valence-electron chi connectivity index (χ4n) is 4.78. The summed E-state index contributed by atoms with van der Waals surface area (Å²) in [6.07, 6.45) is 2.18. The molecule has 6 nitrogen and oxygen atoms in total. The van der Waals surface area contributed by atoms with Gasteiger partial charge in [-0.25, -0.2) is 4.99 Å². The van der Waals surface area contributed by atoms with Crippen LogP contribution in [0, 0.1) is 11.8 Å². The number of carbonyl (C=O) groups excluding carboxylic acids is 2. The molecule has 2 heterocycles. The lowest BCUT2D eigenvalue weighted by Gasteiger charge is -2.25. The lowest BCUT2D eigenvalue weighted by atomic mass is 9.91. The smallest absolute Gasteiger partial charge is 0.272 e. The SMILES string of the molecule is CN1C(=O)C(NC(=O)[C@H](CC2CC2)[C@@H](O)CCc2cccs2)N=C(c2ccccc2)c2ccccc21. The van der Waals surface area contributed by atoms with Crippen molar-refractivity contribution in [2.45, 2.75) is 44.4 Å².